The van der Waals surface area contributed by atoms with E-state index in [1.807, 2.05) is 0 Å². The summed E-state index contributed by atoms with van der Waals surface area (Å²) in [4.78, 5) is 19.5. The van der Waals surface area contributed by atoms with Gasteiger partial charge in [0.15, 0.2) is 11.5 Å². The van der Waals surface area contributed by atoms with E-state index in [1.54, 1.807) is 18.2 Å². The summed E-state index contributed by atoms with van der Waals surface area (Å²) in [6.07, 6.45) is 1.38. The highest BCUT2D eigenvalue weighted by Gasteiger charge is 2.15. The summed E-state index contributed by atoms with van der Waals surface area (Å²) in [5, 5.41) is 0. The van der Waals surface area contributed by atoms with Crippen molar-refractivity contribution in [2.24, 2.45) is 0 Å². The van der Waals surface area contributed by atoms with Crippen molar-refractivity contribution >= 4 is 11.8 Å². The molecule has 0 atom stereocenters. The van der Waals surface area contributed by atoms with Gasteiger partial charge in [-0.25, -0.2) is 14.8 Å². The molecule has 0 aliphatic rings. The van der Waals surface area contributed by atoms with E-state index in [4.69, 9.17) is 19.9 Å². The van der Waals surface area contributed by atoms with Gasteiger partial charge in [-0.2, -0.15) is 0 Å². The van der Waals surface area contributed by atoms with Gasteiger partial charge < -0.3 is 19.9 Å². The van der Waals surface area contributed by atoms with Gasteiger partial charge in [-0.05, 0) is 18.2 Å². The number of carbonyl (C=O) groups is 1. The van der Waals surface area contributed by atoms with Crippen molar-refractivity contribution in [3.8, 4) is 17.2 Å². The molecule has 0 amide bonds. The van der Waals surface area contributed by atoms with E-state index in [9.17, 15) is 4.79 Å². The molecule has 104 valence electrons. The van der Waals surface area contributed by atoms with Crippen LogP contribution in [0.1, 0.15) is 10.6 Å². The number of ether oxygens (including phenoxy) is 3. The summed E-state index contributed by atoms with van der Waals surface area (Å²) in [6.45, 7) is 0. The van der Waals surface area contributed by atoms with Crippen molar-refractivity contribution in [3.63, 3.8) is 0 Å². The predicted octanol–water partition coefficient (Wildman–Crippen LogP) is 1.30. The number of rotatable bonds is 4. The Morgan fingerprint density at radius 3 is 2.60 bits per heavy atom. The lowest BCUT2D eigenvalue weighted by Crippen LogP contribution is -2.14. The number of nitrogen functional groups attached to an aromatic ring is 1. The molecule has 0 fully saturated rings. The largest absolute Gasteiger partial charge is 0.497 e. The van der Waals surface area contributed by atoms with Gasteiger partial charge in [0, 0.05) is 12.3 Å². The normalized spacial score (nSPS) is 9.90. The summed E-state index contributed by atoms with van der Waals surface area (Å²) in [5.41, 5.74) is 5.48. The second-order valence-corrected chi connectivity index (χ2v) is 3.71. The van der Waals surface area contributed by atoms with Gasteiger partial charge in [0.25, 0.3) is 0 Å². The number of nitrogens with two attached hydrogens (primary N) is 1. The third kappa shape index (κ3) is 2.94. The number of methoxy groups -OCH3 is 2. The maximum Gasteiger partial charge on any atom is 0.381 e. The Labute approximate surface area is 115 Å². The standard InChI is InChI=1S/C13H13N3O4/c1-18-8-3-4-9(10(7-8)19-2)20-13(17)12-15-6-5-11(14)16-12/h3-7H,1-2H3,(H2,14,15,16). The predicted molar refractivity (Wildman–Crippen MR) is 70.9 cm³/mol. The molecule has 20 heavy (non-hydrogen) atoms. The maximum atomic E-state index is 11.9. The molecule has 2 N–H and O–H groups in total. The minimum Gasteiger partial charge on any atom is -0.497 e. The third-order valence-corrected chi connectivity index (χ3v) is 2.43. The molecule has 0 aliphatic heterocycles. The first-order valence-electron chi connectivity index (χ1n) is 5.66. The minimum absolute atomic E-state index is 0.122. The van der Waals surface area contributed by atoms with E-state index in [-0.39, 0.29) is 17.4 Å². The van der Waals surface area contributed by atoms with Gasteiger partial charge in [0.05, 0.1) is 14.2 Å². The Morgan fingerprint density at radius 1 is 1.15 bits per heavy atom. The summed E-state index contributed by atoms with van der Waals surface area (Å²) < 4.78 is 15.4. The molecule has 0 bridgehead atoms. The van der Waals surface area contributed by atoms with Gasteiger partial charge >= 0.3 is 5.97 Å². The van der Waals surface area contributed by atoms with Crippen LogP contribution in [0.3, 0.4) is 0 Å². The van der Waals surface area contributed by atoms with Crippen LogP contribution in [-0.4, -0.2) is 30.2 Å². The zero-order chi connectivity index (χ0) is 14.5. The van der Waals surface area contributed by atoms with Crippen LogP contribution in [0.25, 0.3) is 0 Å². The molecule has 0 aliphatic carbocycles. The maximum absolute atomic E-state index is 11.9. The van der Waals surface area contributed by atoms with Crippen LogP contribution < -0.4 is 19.9 Å². The molecule has 1 heterocycles. The zero-order valence-corrected chi connectivity index (χ0v) is 11.0. The SMILES string of the molecule is COc1ccc(OC(=O)c2nccc(N)n2)c(OC)c1. The van der Waals surface area contributed by atoms with Crippen LogP contribution in [0.5, 0.6) is 17.2 Å². The Balaban J connectivity index is 2.23. The topological polar surface area (TPSA) is 96.6 Å². The van der Waals surface area contributed by atoms with Gasteiger partial charge in [0.1, 0.15) is 11.6 Å². The molecule has 2 aromatic rings. The van der Waals surface area contributed by atoms with Crippen LogP contribution >= 0.6 is 0 Å². The Hall–Kier alpha value is -2.83. The number of benzene rings is 1. The van der Waals surface area contributed by atoms with Crippen LogP contribution in [0.15, 0.2) is 30.5 Å². The fourth-order valence-corrected chi connectivity index (χ4v) is 1.48. The van der Waals surface area contributed by atoms with Crippen molar-refractivity contribution in [2.75, 3.05) is 20.0 Å². The molecular formula is C13H13N3O4. The number of carbonyl (C=O) groups excluding carboxylic acids is 1. The summed E-state index contributed by atoms with van der Waals surface area (Å²) in [7, 11) is 2.99. The van der Waals surface area contributed by atoms with Gasteiger partial charge in [-0.1, -0.05) is 0 Å². The highest BCUT2D eigenvalue weighted by molar-refractivity contribution is 5.87. The van der Waals surface area contributed by atoms with Crippen LogP contribution in [0.4, 0.5) is 5.82 Å². The van der Waals surface area contributed by atoms with Gasteiger partial charge in [-0.3, -0.25) is 0 Å². The Bertz CT molecular complexity index is 631. The van der Waals surface area contributed by atoms with Crippen LogP contribution in [-0.2, 0) is 0 Å². The highest BCUT2D eigenvalue weighted by Crippen LogP contribution is 2.31. The molecule has 0 unspecified atom stereocenters. The molecular weight excluding hydrogens is 262 g/mol. The molecule has 7 nitrogen and oxygen atoms in total. The zero-order valence-electron chi connectivity index (χ0n) is 11.0. The first-order chi connectivity index (χ1) is 9.63. The lowest BCUT2D eigenvalue weighted by Gasteiger charge is -2.10. The average Bonchev–Trinajstić information content (AvgIpc) is 2.47. The smallest absolute Gasteiger partial charge is 0.381 e. The fraction of sp³-hybridized carbons (Fsp3) is 0.154. The van der Waals surface area contributed by atoms with E-state index in [2.05, 4.69) is 9.97 Å². The molecule has 1 aromatic carbocycles. The lowest BCUT2D eigenvalue weighted by atomic mass is 10.3. The van der Waals surface area contributed by atoms with Crippen molar-refractivity contribution in [1.82, 2.24) is 9.97 Å². The summed E-state index contributed by atoms with van der Waals surface area (Å²) in [6, 6.07) is 6.28. The molecule has 0 saturated carbocycles. The molecule has 0 radical (unpaired) electrons. The number of nitrogens with zero attached hydrogens (tertiary/aromatic N) is 2. The first kappa shape index (κ1) is 13.6. The van der Waals surface area contributed by atoms with Crippen LogP contribution in [0, 0.1) is 0 Å². The van der Waals surface area contributed by atoms with Crippen molar-refractivity contribution < 1.29 is 19.0 Å². The quantitative estimate of drug-likeness (QED) is 0.663. The molecule has 0 spiro atoms. The first-order valence-corrected chi connectivity index (χ1v) is 5.66. The monoisotopic (exact) mass is 275 g/mol. The molecule has 2 rings (SSSR count). The summed E-state index contributed by atoms with van der Waals surface area (Å²) >= 11 is 0. The number of hydrogen-bond donors (Lipinski definition) is 1. The Morgan fingerprint density at radius 2 is 1.95 bits per heavy atom. The molecule has 1 aromatic heterocycles. The second kappa shape index (κ2) is 5.87. The van der Waals surface area contributed by atoms with Crippen molar-refractivity contribution in [3.05, 3.63) is 36.3 Å². The fourth-order valence-electron chi connectivity index (χ4n) is 1.48. The number of aromatic nitrogens is 2. The van der Waals surface area contributed by atoms with E-state index >= 15 is 0 Å². The highest BCUT2D eigenvalue weighted by atomic mass is 16.6. The van der Waals surface area contributed by atoms with Crippen molar-refractivity contribution in [2.45, 2.75) is 0 Å². The van der Waals surface area contributed by atoms with E-state index < -0.39 is 5.97 Å². The minimum atomic E-state index is -0.722. The van der Waals surface area contributed by atoms with E-state index in [1.165, 1.54) is 26.5 Å². The number of esters is 1. The average molecular weight is 275 g/mol. The molecule has 0 saturated heterocycles. The van der Waals surface area contributed by atoms with Crippen LogP contribution in [0.2, 0.25) is 0 Å². The second-order valence-electron chi connectivity index (χ2n) is 3.71. The summed E-state index contributed by atoms with van der Waals surface area (Å²) in [5.74, 6) is 0.532. The Kier molecular flexibility index (Phi) is 3.99. The lowest BCUT2D eigenvalue weighted by molar-refractivity contribution is 0.0716. The van der Waals surface area contributed by atoms with Gasteiger partial charge in [-0.15, -0.1) is 0 Å². The number of hydrogen-bond acceptors (Lipinski definition) is 7. The van der Waals surface area contributed by atoms with Crippen molar-refractivity contribution in [1.29, 1.82) is 0 Å². The third-order valence-electron chi connectivity index (χ3n) is 2.43. The number of anilines is 1. The molecule has 7 heteroatoms. The van der Waals surface area contributed by atoms with Gasteiger partial charge in [0.2, 0.25) is 5.82 Å². The van der Waals surface area contributed by atoms with E-state index in [0.29, 0.717) is 11.5 Å². The van der Waals surface area contributed by atoms with E-state index in [0.717, 1.165) is 0 Å².